The second-order valence-corrected chi connectivity index (χ2v) is 2.16. The lowest BCUT2D eigenvalue weighted by atomic mass is 10.1. The Labute approximate surface area is 79.3 Å². The third-order valence-corrected chi connectivity index (χ3v) is 1.44. The molecule has 0 aromatic heterocycles. The summed E-state index contributed by atoms with van der Waals surface area (Å²) in [6, 6.07) is 7.12. The molecular formula is C11H14N2. The maximum Gasteiger partial charge on any atom is 0.0991 e. The molecule has 0 bridgehead atoms. The van der Waals surface area contributed by atoms with Gasteiger partial charge in [-0.05, 0) is 23.8 Å². The van der Waals surface area contributed by atoms with Gasteiger partial charge in [0.1, 0.15) is 0 Å². The minimum absolute atomic E-state index is 0.606. The zero-order valence-corrected chi connectivity index (χ0v) is 8.04. The Bertz CT molecular complexity index is 321. The second-order valence-electron chi connectivity index (χ2n) is 2.16. The molecule has 2 nitrogen and oxygen atoms in total. The van der Waals surface area contributed by atoms with Gasteiger partial charge in [-0.15, -0.1) is 0 Å². The van der Waals surface area contributed by atoms with Crippen LogP contribution in [0.15, 0.2) is 24.8 Å². The molecule has 0 saturated heterocycles. The molecule has 0 saturated carbocycles. The van der Waals surface area contributed by atoms with E-state index >= 15 is 0 Å². The molecule has 0 amide bonds. The van der Waals surface area contributed by atoms with Crippen molar-refractivity contribution < 1.29 is 0 Å². The summed E-state index contributed by atoms with van der Waals surface area (Å²) in [6.45, 7) is 7.58. The van der Waals surface area contributed by atoms with Crippen LogP contribution in [-0.2, 0) is 0 Å². The summed E-state index contributed by atoms with van der Waals surface area (Å²) in [4.78, 5) is 0. The summed E-state index contributed by atoms with van der Waals surface area (Å²) in [5, 5.41) is 8.52. The lowest BCUT2D eigenvalue weighted by molar-refractivity contribution is 1.48. The van der Waals surface area contributed by atoms with Gasteiger partial charge in [-0.25, -0.2) is 0 Å². The zero-order valence-electron chi connectivity index (χ0n) is 8.04. The largest absolute Gasteiger partial charge is 0.398 e. The number of hydrogen-bond donors (Lipinski definition) is 1. The van der Waals surface area contributed by atoms with E-state index < -0.39 is 0 Å². The highest BCUT2D eigenvalue weighted by Crippen LogP contribution is 2.14. The first-order chi connectivity index (χ1) is 6.27. The first kappa shape index (κ1) is 11.2. The van der Waals surface area contributed by atoms with Crippen LogP contribution in [0.2, 0.25) is 0 Å². The summed E-state index contributed by atoms with van der Waals surface area (Å²) < 4.78 is 0. The number of nitrogen functional groups attached to an aromatic ring is 1. The Morgan fingerprint density at radius 1 is 1.46 bits per heavy atom. The number of nitrogens with two attached hydrogens (primary N) is 1. The maximum atomic E-state index is 8.52. The van der Waals surface area contributed by atoms with Gasteiger partial charge in [0.15, 0.2) is 0 Å². The lowest BCUT2D eigenvalue weighted by Gasteiger charge is -1.98. The van der Waals surface area contributed by atoms with Crippen molar-refractivity contribution in [2.75, 3.05) is 5.73 Å². The molecule has 13 heavy (non-hydrogen) atoms. The third kappa shape index (κ3) is 3.00. The average molecular weight is 174 g/mol. The Kier molecular flexibility index (Phi) is 5.06. The quantitative estimate of drug-likeness (QED) is 0.665. The fraction of sp³-hybridized carbons (Fsp3) is 0.182. The molecule has 0 spiro atoms. The number of benzene rings is 1. The summed E-state index contributed by atoms with van der Waals surface area (Å²) >= 11 is 0. The second kappa shape index (κ2) is 5.84. The lowest BCUT2D eigenvalue weighted by Crippen LogP contribution is -1.89. The predicted molar refractivity (Wildman–Crippen MR) is 57.0 cm³/mol. The number of nitriles is 1. The van der Waals surface area contributed by atoms with E-state index in [1.54, 1.807) is 24.3 Å². The van der Waals surface area contributed by atoms with E-state index in [1.165, 1.54) is 0 Å². The van der Waals surface area contributed by atoms with Crippen LogP contribution in [0.5, 0.6) is 0 Å². The van der Waals surface area contributed by atoms with Crippen LogP contribution in [0.25, 0.3) is 6.08 Å². The van der Waals surface area contributed by atoms with Crippen LogP contribution in [-0.4, -0.2) is 0 Å². The molecule has 0 aliphatic heterocycles. The van der Waals surface area contributed by atoms with E-state index in [-0.39, 0.29) is 0 Å². The molecule has 0 heterocycles. The number of rotatable bonds is 1. The normalized spacial score (nSPS) is 7.77. The number of nitrogens with zero attached hydrogens (tertiary/aromatic N) is 1. The first-order valence-corrected chi connectivity index (χ1v) is 4.20. The predicted octanol–water partition coefficient (Wildman–Crippen LogP) is 2.81. The van der Waals surface area contributed by atoms with Gasteiger partial charge in [0, 0.05) is 5.69 Å². The van der Waals surface area contributed by atoms with Gasteiger partial charge in [-0.2, -0.15) is 5.26 Å². The Hall–Kier alpha value is -1.75. The van der Waals surface area contributed by atoms with E-state index in [1.807, 2.05) is 19.9 Å². The van der Waals surface area contributed by atoms with Crippen molar-refractivity contribution in [1.82, 2.24) is 0 Å². The smallest absolute Gasteiger partial charge is 0.0991 e. The van der Waals surface area contributed by atoms with Gasteiger partial charge >= 0.3 is 0 Å². The van der Waals surface area contributed by atoms with Crippen molar-refractivity contribution >= 4 is 11.8 Å². The topological polar surface area (TPSA) is 49.8 Å². The molecule has 0 atom stereocenters. The summed E-state index contributed by atoms with van der Waals surface area (Å²) in [5.74, 6) is 0. The van der Waals surface area contributed by atoms with Crippen LogP contribution in [0.1, 0.15) is 25.0 Å². The molecule has 2 heteroatoms. The van der Waals surface area contributed by atoms with E-state index in [0.717, 1.165) is 5.56 Å². The standard InChI is InChI=1S/C9H8N2.C2H6/c1-2-8-5-7(6-10)3-4-9(8)11;1-2/h2-5H,1,11H2;1-2H3. The molecule has 0 radical (unpaired) electrons. The molecule has 1 aromatic carbocycles. The van der Waals surface area contributed by atoms with Crippen molar-refractivity contribution in [3.63, 3.8) is 0 Å². The SMILES string of the molecule is C=Cc1cc(C#N)ccc1N.CC. The van der Waals surface area contributed by atoms with E-state index in [2.05, 4.69) is 6.58 Å². The van der Waals surface area contributed by atoms with E-state index in [4.69, 9.17) is 11.0 Å². The molecular weight excluding hydrogens is 160 g/mol. The highest BCUT2D eigenvalue weighted by atomic mass is 14.5. The maximum absolute atomic E-state index is 8.52. The molecule has 0 unspecified atom stereocenters. The molecule has 1 aromatic rings. The Balaban J connectivity index is 0.000000671. The van der Waals surface area contributed by atoms with Crippen molar-refractivity contribution in [2.24, 2.45) is 0 Å². The fourth-order valence-corrected chi connectivity index (χ4v) is 0.821. The van der Waals surface area contributed by atoms with Gasteiger partial charge in [-0.3, -0.25) is 0 Å². The minimum atomic E-state index is 0.606. The molecule has 0 fully saturated rings. The molecule has 0 aliphatic carbocycles. The van der Waals surface area contributed by atoms with Crippen LogP contribution >= 0.6 is 0 Å². The van der Waals surface area contributed by atoms with Gasteiger partial charge in [0.05, 0.1) is 11.6 Å². The molecule has 0 aliphatic rings. The van der Waals surface area contributed by atoms with Crippen molar-refractivity contribution in [3.8, 4) is 6.07 Å². The minimum Gasteiger partial charge on any atom is -0.398 e. The highest BCUT2D eigenvalue weighted by Gasteiger charge is 1.95. The van der Waals surface area contributed by atoms with Crippen LogP contribution in [0.3, 0.4) is 0 Å². The zero-order chi connectivity index (χ0) is 10.3. The Morgan fingerprint density at radius 2 is 2.08 bits per heavy atom. The van der Waals surface area contributed by atoms with Crippen molar-refractivity contribution in [2.45, 2.75) is 13.8 Å². The van der Waals surface area contributed by atoms with Crippen LogP contribution in [0, 0.1) is 11.3 Å². The summed E-state index contributed by atoms with van der Waals surface area (Å²) in [7, 11) is 0. The van der Waals surface area contributed by atoms with Gasteiger partial charge in [0.25, 0.3) is 0 Å². The van der Waals surface area contributed by atoms with Gasteiger partial charge in [-0.1, -0.05) is 26.5 Å². The van der Waals surface area contributed by atoms with E-state index in [9.17, 15) is 0 Å². The molecule has 2 N–H and O–H groups in total. The highest BCUT2D eigenvalue weighted by molar-refractivity contribution is 5.65. The summed E-state index contributed by atoms with van der Waals surface area (Å²) in [5.41, 5.74) is 7.64. The van der Waals surface area contributed by atoms with Crippen molar-refractivity contribution in [3.05, 3.63) is 35.9 Å². The molecule has 1 rings (SSSR count). The monoisotopic (exact) mass is 174 g/mol. The Morgan fingerprint density at radius 3 is 2.54 bits per heavy atom. The number of hydrogen-bond acceptors (Lipinski definition) is 2. The fourth-order valence-electron chi connectivity index (χ4n) is 0.821. The molecule has 68 valence electrons. The van der Waals surface area contributed by atoms with Crippen molar-refractivity contribution in [1.29, 1.82) is 5.26 Å². The van der Waals surface area contributed by atoms with Gasteiger partial charge < -0.3 is 5.73 Å². The van der Waals surface area contributed by atoms with Crippen LogP contribution in [0.4, 0.5) is 5.69 Å². The third-order valence-electron chi connectivity index (χ3n) is 1.44. The number of anilines is 1. The van der Waals surface area contributed by atoms with E-state index in [0.29, 0.717) is 11.3 Å². The summed E-state index contributed by atoms with van der Waals surface area (Å²) in [6.07, 6.45) is 1.64. The first-order valence-electron chi connectivity index (χ1n) is 4.20. The van der Waals surface area contributed by atoms with Crippen LogP contribution < -0.4 is 5.73 Å². The average Bonchev–Trinajstić information content (AvgIpc) is 2.22. The van der Waals surface area contributed by atoms with Gasteiger partial charge in [0.2, 0.25) is 0 Å².